The van der Waals surface area contributed by atoms with Gasteiger partial charge in [-0.15, -0.1) is 0 Å². The molecule has 0 aliphatic carbocycles. The second-order valence-electron chi connectivity index (χ2n) is 4.30. The van der Waals surface area contributed by atoms with Gasteiger partial charge in [-0.3, -0.25) is 4.79 Å². The third-order valence-electron chi connectivity index (χ3n) is 1.98. The van der Waals surface area contributed by atoms with Crippen molar-refractivity contribution in [2.24, 2.45) is 5.73 Å². The van der Waals surface area contributed by atoms with Crippen molar-refractivity contribution >= 4 is 5.91 Å². The first-order valence-corrected chi connectivity index (χ1v) is 5.63. The summed E-state index contributed by atoms with van der Waals surface area (Å²) in [6.45, 7) is 7.66. The van der Waals surface area contributed by atoms with Crippen molar-refractivity contribution < 1.29 is 9.53 Å². The summed E-state index contributed by atoms with van der Waals surface area (Å²) >= 11 is 0. The van der Waals surface area contributed by atoms with Gasteiger partial charge >= 0.3 is 0 Å². The average Bonchev–Trinajstić information content (AvgIpc) is 2.14. The molecule has 3 N–H and O–H groups in total. The molecule has 0 aromatic carbocycles. The predicted octanol–water partition coefficient (Wildman–Crippen LogP) is 1.05. The van der Waals surface area contributed by atoms with Crippen LogP contribution in [0, 0.1) is 0 Å². The molecular formula is C11H24N2O2. The van der Waals surface area contributed by atoms with Gasteiger partial charge in [0.25, 0.3) is 0 Å². The van der Waals surface area contributed by atoms with E-state index in [1.807, 2.05) is 0 Å². The number of ether oxygens (including phenoxy) is 1. The van der Waals surface area contributed by atoms with Gasteiger partial charge in [0.1, 0.15) is 0 Å². The van der Waals surface area contributed by atoms with Crippen LogP contribution in [0.2, 0.25) is 0 Å². The minimum absolute atomic E-state index is 0.115. The maximum Gasteiger partial charge on any atom is 0.239 e. The van der Waals surface area contributed by atoms with Gasteiger partial charge in [-0.25, -0.2) is 0 Å². The molecule has 4 heteroatoms. The second-order valence-corrected chi connectivity index (χ2v) is 4.30. The van der Waals surface area contributed by atoms with Gasteiger partial charge < -0.3 is 15.8 Å². The van der Waals surface area contributed by atoms with Gasteiger partial charge in [0, 0.05) is 19.8 Å². The van der Waals surface area contributed by atoms with Gasteiger partial charge in [-0.2, -0.15) is 0 Å². The molecule has 0 saturated carbocycles. The molecule has 0 bridgehead atoms. The third kappa shape index (κ3) is 8.39. The number of nitrogens with two attached hydrogens (primary N) is 1. The molecule has 90 valence electrons. The summed E-state index contributed by atoms with van der Waals surface area (Å²) < 4.78 is 5.36. The van der Waals surface area contributed by atoms with Crippen molar-refractivity contribution in [1.29, 1.82) is 0 Å². The first kappa shape index (κ1) is 14.4. The summed E-state index contributed by atoms with van der Waals surface area (Å²) in [7, 11) is 0. The zero-order valence-corrected chi connectivity index (χ0v) is 10.1. The molecule has 0 saturated heterocycles. The van der Waals surface area contributed by atoms with Gasteiger partial charge in [0.15, 0.2) is 0 Å². The Hall–Kier alpha value is -0.610. The number of rotatable bonds is 8. The van der Waals surface area contributed by atoms with E-state index in [1.54, 1.807) is 13.8 Å². The van der Waals surface area contributed by atoms with Crippen LogP contribution in [0.1, 0.15) is 40.0 Å². The normalized spacial score (nSPS) is 11.5. The number of amides is 1. The fourth-order valence-electron chi connectivity index (χ4n) is 0.952. The Labute approximate surface area is 92.6 Å². The smallest absolute Gasteiger partial charge is 0.239 e. The molecule has 0 fully saturated rings. The number of unbranched alkanes of at least 4 members (excludes halogenated alkanes) is 1. The lowest BCUT2D eigenvalue weighted by Gasteiger charge is -2.17. The van der Waals surface area contributed by atoms with Gasteiger partial charge in [-0.1, -0.05) is 13.3 Å². The van der Waals surface area contributed by atoms with Crippen LogP contribution in [0.25, 0.3) is 0 Å². The molecule has 0 rings (SSSR count). The van der Waals surface area contributed by atoms with Crippen LogP contribution in [0.15, 0.2) is 0 Å². The SMILES string of the molecule is CCCCOCCCNC(=O)C(C)(C)N. The first-order chi connectivity index (χ1) is 6.98. The summed E-state index contributed by atoms with van der Waals surface area (Å²) in [5, 5.41) is 2.77. The van der Waals surface area contributed by atoms with Crippen molar-refractivity contribution in [3.63, 3.8) is 0 Å². The zero-order valence-electron chi connectivity index (χ0n) is 10.1. The molecule has 0 heterocycles. The van der Waals surface area contributed by atoms with E-state index in [2.05, 4.69) is 12.2 Å². The highest BCUT2D eigenvalue weighted by molar-refractivity contribution is 5.84. The summed E-state index contributed by atoms with van der Waals surface area (Å²) in [4.78, 5) is 11.3. The zero-order chi connectivity index (χ0) is 11.7. The molecule has 0 aromatic heterocycles. The third-order valence-corrected chi connectivity index (χ3v) is 1.98. The molecule has 0 atom stereocenters. The Balaban J connectivity index is 3.28. The largest absolute Gasteiger partial charge is 0.381 e. The maximum atomic E-state index is 11.3. The van der Waals surface area contributed by atoms with Crippen LogP contribution in [0.4, 0.5) is 0 Å². The van der Waals surface area contributed by atoms with Crippen molar-refractivity contribution in [2.75, 3.05) is 19.8 Å². The minimum atomic E-state index is -0.789. The lowest BCUT2D eigenvalue weighted by atomic mass is 10.1. The molecule has 0 aromatic rings. The van der Waals surface area contributed by atoms with E-state index in [-0.39, 0.29) is 5.91 Å². The van der Waals surface area contributed by atoms with E-state index >= 15 is 0 Å². The summed E-state index contributed by atoms with van der Waals surface area (Å²) in [6, 6.07) is 0. The van der Waals surface area contributed by atoms with E-state index in [0.29, 0.717) is 13.2 Å². The molecular weight excluding hydrogens is 192 g/mol. The summed E-state index contributed by atoms with van der Waals surface area (Å²) in [5.74, 6) is -0.115. The van der Waals surface area contributed by atoms with Crippen LogP contribution in [-0.2, 0) is 9.53 Å². The molecule has 4 nitrogen and oxygen atoms in total. The van der Waals surface area contributed by atoms with E-state index in [4.69, 9.17) is 10.5 Å². The number of carbonyl (C=O) groups excluding carboxylic acids is 1. The number of hydrogen-bond acceptors (Lipinski definition) is 3. The van der Waals surface area contributed by atoms with Crippen molar-refractivity contribution in [3.05, 3.63) is 0 Å². The fourth-order valence-corrected chi connectivity index (χ4v) is 0.952. The maximum absolute atomic E-state index is 11.3. The molecule has 0 radical (unpaired) electrons. The van der Waals surface area contributed by atoms with Crippen LogP contribution >= 0.6 is 0 Å². The topological polar surface area (TPSA) is 64.3 Å². The Kier molecular flexibility index (Phi) is 7.34. The average molecular weight is 216 g/mol. The first-order valence-electron chi connectivity index (χ1n) is 5.63. The Morgan fingerprint density at radius 3 is 2.47 bits per heavy atom. The van der Waals surface area contributed by atoms with Crippen molar-refractivity contribution in [3.8, 4) is 0 Å². The van der Waals surface area contributed by atoms with E-state index < -0.39 is 5.54 Å². The van der Waals surface area contributed by atoms with E-state index in [1.165, 1.54) is 0 Å². The van der Waals surface area contributed by atoms with Gasteiger partial charge in [-0.05, 0) is 26.7 Å². The van der Waals surface area contributed by atoms with E-state index in [9.17, 15) is 4.79 Å². The molecule has 15 heavy (non-hydrogen) atoms. The quantitative estimate of drug-likeness (QED) is 0.596. The molecule has 0 spiro atoms. The summed E-state index contributed by atoms with van der Waals surface area (Å²) in [5.41, 5.74) is 4.83. The lowest BCUT2D eigenvalue weighted by molar-refractivity contribution is -0.125. The summed E-state index contributed by atoms with van der Waals surface area (Å²) in [6.07, 6.45) is 3.09. The Morgan fingerprint density at radius 1 is 1.33 bits per heavy atom. The van der Waals surface area contributed by atoms with Crippen LogP contribution in [0.3, 0.4) is 0 Å². The minimum Gasteiger partial charge on any atom is -0.381 e. The monoisotopic (exact) mass is 216 g/mol. The molecule has 1 amide bonds. The van der Waals surface area contributed by atoms with Gasteiger partial charge in [0.2, 0.25) is 5.91 Å². The highest BCUT2D eigenvalue weighted by Crippen LogP contribution is 1.95. The molecule has 0 aliphatic rings. The number of carbonyl (C=O) groups is 1. The van der Waals surface area contributed by atoms with Gasteiger partial charge in [0.05, 0.1) is 5.54 Å². The van der Waals surface area contributed by atoms with E-state index in [0.717, 1.165) is 25.9 Å². The fraction of sp³-hybridized carbons (Fsp3) is 0.909. The van der Waals surface area contributed by atoms with Crippen LogP contribution in [-0.4, -0.2) is 31.2 Å². The van der Waals surface area contributed by atoms with Crippen LogP contribution < -0.4 is 11.1 Å². The second kappa shape index (κ2) is 7.65. The number of nitrogens with one attached hydrogen (secondary N) is 1. The highest BCUT2D eigenvalue weighted by Gasteiger charge is 2.20. The highest BCUT2D eigenvalue weighted by atomic mass is 16.5. The predicted molar refractivity (Wildman–Crippen MR) is 61.6 cm³/mol. The van der Waals surface area contributed by atoms with Crippen molar-refractivity contribution in [2.45, 2.75) is 45.6 Å². The Bertz CT molecular complexity index is 176. The van der Waals surface area contributed by atoms with Crippen LogP contribution in [0.5, 0.6) is 0 Å². The Morgan fingerprint density at radius 2 is 1.93 bits per heavy atom. The van der Waals surface area contributed by atoms with Crippen molar-refractivity contribution in [1.82, 2.24) is 5.32 Å². The molecule has 0 unspecified atom stereocenters. The standard InChI is InChI=1S/C11H24N2O2/c1-4-5-8-15-9-6-7-13-10(14)11(2,3)12/h4-9,12H2,1-3H3,(H,13,14). The number of hydrogen-bond donors (Lipinski definition) is 2. The lowest BCUT2D eigenvalue weighted by Crippen LogP contribution is -2.49. The molecule has 0 aliphatic heterocycles.